The van der Waals surface area contributed by atoms with Gasteiger partial charge in [0, 0.05) is 5.92 Å². The molecule has 0 aliphatic heterocycles. The zero-order valence-corrected chi connectivity index (χ0v) is 6.98. The summed E-state index contributed by atoms with van der Waals surface area (Å²) in [6, 6.07) is 3.89. The van der Waals surface area contributed by atoms with E-state index in [-0.39, 0.29) is 0 Å². The molecular weight excluding hydrogens is 148 g/mol. The first-order valence-electron chi connectivity index (χ1n) is 3.38. The summed E-state index contributed by atoms with van der Waals surface area (Å²) < 4.78 is 5.36. The van der Waals surface area contributed by atoms with Crippen LogP contribution in [0.2, 0.25) is 0 Å². The molecule has 10 heavy (non-hydrogen) atoms. The zero-order valence-electron chi connectivity index (χ0n) is 6.23. The molecule has 1 rings (SSSR count). The lowest BCUT2D eigenvalue weighted by Crippen LogP contribution is -1.80. The zero-order chi connectivity index (χ0) is 7.56. The van der Waals surface area contributed by atoms with E-state index in [0.29, 0.717) is 11.8 Å². The van der Waals surface area contributed by atoms with Crippen molar-refractivity contribution in [1.29, 1.82) is 0 Å². The molecule has 0 fully saturated rings. The molecule has 0 aromatic carbocycles. The van der Waals surface area contributed by atoms with Crippen LogP contribution in [0.1, 0.15) is 31.3 Å². The fraction of sp³-hybridized carbons (Fsp3) is 0.500. The average Bonchev–Trinajstić information content (AvgIpc) is 2.34. The van der Waals surface area contributed by atoms with E-state index in [9.17, 15) is 0 Å². The summed E-state index contributed by atoms with van der Waals surface area (Å²) >= 11 is 5.55. The van der Waals surface area contributed by atoms with Crippen molar-refractivity contribution in [2.45, 2.75) is 25.6 Å². The van der Waals surface area contributed by atoms with E-state index < -0.39 is 0 Å². The van der Waals surface area contributed by atoms with E-state index in [4.69, 9.17) is 16.0 Å². The smallest absolute Gasteiger partial charge is 0.118 e. The van der Waals surface area contributed by atoms with Gasteiger partial charge in [0.05, 0.1) is 5.88 Å². The summed E-state index contributed by atoms with van der Waals surface area (Å²) in [5, 5.41) is 0. The summed E-state index contributed by atoms with van der Waals surface area (Å²) in [4.78, 5) is 0. The fourth-order valence-electron chi connectivity index (χ4n) is 0.777. The van der Waals surface area contributed by atoms with Crippen molar-refractivity contribution in [1.82, 2.24) is 0 Å². The maximum Gasteiger partial charge on any atom is 0.118 e. The standard InChI is InChI=1S/C8H11ClO/c1-6(2)8-4-3-7(5-9)10-8/h3-4,6H,5H2,1-2H3. The molecule has 1 aromatic heterocycles. The molecular formula is C8H11ClO. The predicted molar refractivity (Wildman–Crippen MR) is 42.4 cm³/mol. The van der Waals surface area contributed by atoms with Crippen LogP contribution in [0.4, 0.5) is 0 Å². The quantitative estimate of drug-likeness (QED) is 0.603. The maximum atomic E-state index is 5.55. The molecule has 0 aliphatic carbocycles. The SMILES string of the molecule is CC(C)c1ccc(CCl)o1. The van der Waals surface area contributed by atoms with Gasteiger partial charge in [0.25, 0.3) is 0 Å². The molecule has 1 heterocycles. The van der Waals surface area contributed by atoms with E-state index in [1.165, 1.54) is 0 Å². The first-order chi connectivity index (χ1) is 4.74. The molecule has 0 spiro atoms. The molecule has 1 nitrogen and oxygen atoms in total. The molecule has 0 saturated carbocycles. The van der Waals surface area contributed by atoms with Crippen LogP contribution in [-0.2, 0) is 5.88 Å². The van der Waals surface area contributed by atoms with Gasteiger partial charge in [-0.2, -0.15) is 0 Å². The molecule has 0 aliphatic rings. The first-order valence-corrected chi connectivity index (χ1v) is 3.92. The number of alkyl halides is 1. The largest absolute Gasteiger partial charge is 0.465 e. The summed E-state index contributed by atoms with van der Waals surface area (Å²) in [6.45, 7) is 4.19. The van der Waals surface area contributed by atoms with Crippen molar-refractivity contribution >= 4 is 11.6 Å². The Kier molecular flexibility index (Phi) is 2.39. The average molecular weight is 159 g/mol. The lowest BCUT2D eigenvalue weighted by Gasteiger charge is -1.96. The summed E-state index contributed by atoms with van der Waals surface area (Å²) in [5.41, 5.74) is 0. The lowest BCUT2D eigenvalue weighted by molar-refractivity contribution is 0.460. The minimum atomic E-state index is 0.456. The van der Waals surface area contributed by atoms with Gasteiger partial charge in [-0.25, -0.2) is 0 Å². The second-order valence-electron chi connectivity index (χ2n) is 2.59. The van der Waals surface area contributed by atoms with Crippen LogP contribution in [-0.4, -0.2) is 0 Å². The minimum Gasteiger partial charge on any atom is -0.465 e. The molecule has 0 bridgehead atoms. The summed E-state index contributed by atoms with van der Waals surface area (Å²) in [6.07, 6.45) is 0. The Balaban J connectivity index is 2.78. The van der Waals surface area contributed by atoms with Crippen LogP contribution in [0.5, 0.6) is 0 Å². The number of halogens is 1. The van der Waals surface area contributed by atoms with Crippen molar-refractivity contribution in [3.63, 3.8) is 0 Å². The minimum absolute atomic E-state index is 0.456. The predicted octanol–water partition coefficient (Wildman–Crippen LogP) is 3.14. The van der Waals surface area contributed by atoms with Crippen LogP contribution in [0, 0.1) is 0 Å². The molecule has 0 N–H and O–H groups in total. The van der Waals surface area contributed by atoms with E-state index in [1.54, 1.807) is 0 Å². The van der Waals surface area contributed by atoms with Crippen molar-refractivity contribution in [3.8, 4) is 0 Å². The molecule has 0 radical (unpaired) electrons. The van der Waals surface area contributed by atoms with Crippen LogP contribution in [0.3, 0.4) is 0 Å². The van der Waals surface area contributed by atoms with Crippen LogP contribution in [0.15, 0.2) is 16.5 Å². The van der Waals surface area contributed by atoms with Gasteiger partial charge in [-0.3, -0.25) is 0 Å². The third-order valence-electron chi connectivity index (χ3n) is 1.38. The van der Waals surface area contributed by atoms with Gasteiger partial charge >= 0.3 is 0 Å². The second-order valence-corrected chi connectivity index (χ2v) is 2.86. The number of furan rings is 1. The summed E-state index contributed by atoms with van der Waals surface area (Å²) in [5.74, 6) is 2.78. The second kappa shape index (κ2) is 3.11. The highest BCUT2D eigenvalue weighted by Gasteiger charge is 2.03. The molecule has 1 aromatic rings. The molecule has 0 atom stereocenters. The van der Waals surface area contributed by atoms with E-state index in [2.05, 4.69) is 13.8 Å². The number of hydrogen-bond acceptors (Lipinski definition) is 1. The summed E-state index contributed by atoms with van der Waals surface area (Å²) in [7, 11) is 0. The van der Waals surface area contributed by atoms with Gasteiger partial charge in [-0.15, -0.1) is 11.6 Å². The van der Waals surface area contributed by atoms with Gasteiger partial charge in [-0.1, -0.05) is 13.8 Å². The van der Waals surface area contributed by atoms with Crippen molar-refractivity contribution in [2.75, 3.05) is 0 Å². The Morgan fingerprint density at radius 2 is 2.20 bits per heavy atom. The van der Waals surface area contributed by atoms with Gasteiger partial charge in [0.2, 0.25) is 0 Å². The normalized spacial score (nSPS) is 10.8. The van der Waals surface area contributed by atoms with Gasteiger partial charge in [0.1, 0.15) is 11.5 Å². The number of rotatable bonds is 2. The van der Waals surface area contributed by atoms with E-state index >= 15 is 0 Å². The van der Waals surface area contributed by atoms with Gasteiger partial charge in [0.15, 0.2) is 0 Å². The van der Waals surface area contributed by atoms with E-state index in [1.807, 2.05) is 12.1 Å². The van der Waals surface area contributed by atoms with Gasteiger partial charge in [-0.05, 0) is 12.1 Å². The maximum absolute atomic E-state index is 5.55. The van der Waals surface area contributed by atoms with E-state index in [0.717, 1.165) is 11.5 Å². The number of hydrogen-bond donors (Lipinski definition) is 0. The Morgan fingerprint density at radius 1 is 1.50 bits per heavy atom. The fourth-order valence-corrected chi connectivity index (χ4v) is 0.920. The monoisotopic (exact) mass is 158 g/mol. The highest BCUT2D eigenvalue weighted by molar-refractivity contribution is 6.16. The molecule has 0 amide bonds. The Labute approximate surface area is 66.0 Å². The molecule has 0 saturated heterocycles. The van der Waals surface area contributed by atoms with Crippen LogP contribution >= 0.6 is 11.6 Å². The lowest BCUT2D eigenvalue weighted by atomic mass is 10.2. The Hall–Kier alpha value is -0.430. The third kappa shape index (κ3) is 1.54. The third-order valence-corrected chi connectivity index (χ3v) is 1.65. The van der Waals surface area contributed by atoms with Crippen LogP contribution < -0.4 is 0 Å². The van der Waals surface area contributed by atoms with Gasteiger partial charge < -0.3 is 4.42 Å². The van der Waals surface area contributed by atoms with Crippen molar-refractivity contribution < 1.29 is 4.42 Å². The van der Waals surface area contributed by atoms with Crippen molar-refractivity contribution in [3.05, 3.63) is 23.7 Å². The highest BCUT2D eigenvalue weighted by Crippen LogP contribution is 2.18. The topological polar surface area (TPSA) is 13.1 Å². The molecule has 2 heteroatoms. The Bertz CT molecular complexity index is 203. The van der Waals surface area contributed by atoms with Crippen molar-refractivity contribution in [2.24, 2.45) is 0 Å². The first kappa shape index (κ1) is 7.67. The molecule has 56 valence electrons. The Morgan fingerprint density at radius 3 is 2.50 bits per heavy atom. The van der Waals surface area contributed by atoms with Crippen LogP contribution in [0.25, 0.3) is 0 Å². The molecule has 0 unspecified atom stereocenters. The highest BCUT2D eigenvalue weighted by atomic mass is 35.5.